The molecule has 0 aliphatic heterocycles. The van der Waals surface area contributed by atoms with Crippen LogP contribution in [-0.2, 0) is 9.53 Å². The van der Waals surface area contributed by atoms with Gasteiger partial charge in [-0.05, 0) is 118 Å². The highest BCUT2D eigenvalue weighted by Gasteiger charge is 2.55. The molecule has 4 unspecified atom stereocenters. The minimum Gasteiger partial charge on any atom is -0.460 e. The second-order valence-electron chi connectivity index (χ2n) is 14.7. The summed E-state index contributed by atoms with van der Waals surface area (Å²) in [4.78, 5) is 13.9. The van der Waals surface area contributed by atoms with Crippen molar-refractivity contribution in [2.75, 3.05) is 13.7 Å². The van der Waals surface area contributed by atoms with Crippen molar-refractivity contribution in [1.29, 1.82) is 0 Å². The van der Waals surface area contributed by atoms with Gasteiger partial charge in [-0.25, -0.2) is 0 Å². The van der Waals surface area contributed by atoms with Crippen molar-refractivity contribution in [3.63, 3.8) is 0 Å². The maximum absolute atomic E-state index is 13.9. The lowest BCUT2D eigenvalue weighted by atomic mass is 9.51. The van der Waals surface area contributed by atoms with E-state index in [1.807, 2.05) is 32.1 Å². The summed E-state index contributed by atoms with van der Waals surface area (Å²) in [6.07, 6.45) is 19.1. The molecule has 8 atom stereocenters. The molecular formula is C37H64O4. The lowest BCUT2D eigenvalue weighted by molar-refractivity contribution is -0.165. The highest BCUT2D eigenvalue weighted by Crippen LogP contribution is 2.59. The third-order valence-corrected chi connectivity index (χ3v) is 11.7. The molecule has 3 rings (SSSR count). The maximum Gasteiger partial charge on any atom is 0.313 e. The number of hydrogen-bond donors (Lipinski definition) is 2. The van der Waals surface area contributed by atoms with Crippen molar-refractivity contribution in [2.45, 2.75) is 133 Å². The van der Waals surface area contributed by atoms with E-state index in [2.05, 4.69) is 54.5 Å². The first-order chi connectivity index (χ1) is 19.3. The number of fused-ring (bicyclic) bond motifs is 1. The summed E-state index contributed by atoms with van der Waals surface area (Å²) in [6.45, 7) is 21.0. The predicted octanol–water partition coefficient (Wildman–Crippen LogP) is 9.07. The Morgan fingerprint density at radius 1 is 1.07 bits per heavy atom. The van der Waals surface area contributed by atoms with Crippen LogP contribution in [0.3, 0.4) is 0 Å². The van der Waals surface area contributed by atoms with Gasteiger partial charge in [-0.15, -0.1) is 0 Å². The fourth-order valence-electron chi connectivity index (χ4n) is 8.60. The van der Waals surface area contributed by atoms with E-state index < -0.39 is 0 Å². The minimum absolute atomic E-state index is 0.0303. The third-order valence-electron chi connectivity index (χ3n) is 11.7. The average Bonchev–Trinajstić information content (AvgIpc) is 2.95. The first-order valence-corrected chi connectivity index (χ1v) is 16.6. The zero-order valence-electron chi connectivity index (χ0n) is 28.3. The summed E-state index contributed by atoms with van der Waals surface area (Å²) in [5, 5.41) is 17.7. The van der Waals surface area contributed by atoms with Crippen LogP contribution >= 0.6 is 0 Å². The third kappa shape index (κ3) is 7.96. The molecule has 3 saturated carbocycles. The van der Waals surface area contributed by atoms with Gasteiger partial charge in [0.25, 0.3) is 0 Å². The Balaban J connectivity index is 0.00000287. The van der Waals surface area contributed by atoms with Gasteiger partial charge in [0.1, 0.15) is 6.61 Å². The van der Waals surface area contributed by atoms with Crippen molar-refractivity contribution in [2.24, 2.45) is 45.8 Å². The van der Waals surface area contributed by atoms with Gasteiger partial charge < -0.3 is 14.9 Å². The molecule has 41 heavy (non-hydrogen) atoms. The van der Waals surface area contributed by atoms with E-state index in [0.717, 1.165) is 64.0 Å². The van der Waals surface area contributed by atoms with Gasteiger partial charge in [0, 0.05) is 7.11 Å². The normalized spacial score (nSPS) is 37.2. The van der Waals surface area contributed by atoms with Gasteiger partial charge in [-0.3, -0.25) is 4.79 Å². The predicted molar refractivity (Wildman–Crippen MR) is 172 cm³/mol. The molecule has 236 valence electrons. The number of carbonyl (C=O) groups excluding carboxylic acids is 1. The largest absolute Gasteiger partial charge is 0.460 e. The van der Waals surface area contributed by atoms with Gasteiger partial charge in [0.05, 0.1) is 11.5 Å². The second kappa shape index (κ2) is 15.4. The number of hydrogen-bond acceptors (Lipinski definition) is 4. The number of aliphatic hydroxyl groups is 2. The fourth-order valence-corrected chi connectivity index (χ4v) is 8.60. The Morgan fingerprint density at radius 3 is 2.37 bits per heavy atom. The van der Waals surface area contributed by atoms with Crippen LogP contribution in [0.4, 0.5) is 0 Å². The highest BCUT2D eigenvalue weighted by atomic mass is 16.5. The Labute approximate surface area is 253 Å². The van der Waals surface area contributed by atoms with Gasteiger partial charge >= 0.3 is 5.97 Å². The van der Waals surface area contributed by atoms with Crippen molar-refractivity contribution in [3.8, 4) is 0 Å². The zero-order chi connectivity index (χ0) is 31.0. The summed E-state index contributed by atoms with van der Waals surface area (Å²) in [5.74, 6) is 2.27. The quantitative estimate of drug-likeness (QED) is 0.164. The SMILES string of the molecule is C/C=C\C(=C/C)COC(=O)[C@@]12CCC(C)/C(=C\CC(C)[C@@]3(C)CC[C@H](O)C(C)C3CCC)[C@@H]1CC(C)(C)CC2.CO. The molecule has 0 radical (unpaired) electrons. The average molecular weight is 573 g/mol. The van der Waals surface area contributed by atoms with E-state index in [9.17, 15) is 9.90 Å². The molecule has 0 amide bonds. The molecule has 3 aliphatic carbocycles. The van der Waals surface area contributed by atoms with Crippen molar-refractivity contribution < 1.29 is 19.7 Å². The van der Waals surface area contributed by atoms with E-state index in [4.69, 9.17) is 9.84 Å². The molecule has 0 saturated heterocycles. The monoisotopic (exact) mass is 572 g/mol. The van der Waals surface area contributed by atoms with Crippen LogP contribution in [0.15, 0.2) is 35.5 Å². The number of carbonyl (C=O) groups is 1. The van der Waals surface area contributed by atoms with Gasteiger partial charge in [-0.1, -0.05) is 84.8 Å². The molecule has 2 N–H and O–H groups in total. The molecule has 0 aromatic carbocycles. The molecule has 4 nitrogen and oxygen atoms in total. The molecule has 0 aromatic heterocycles. The summed E-state index contributed by atoms with van der Waals surface area (Å²) in [7, 11) is 1.00. The van der Waals surface area contributed by atoms with E-state index in [1.165, 1.54) is 18.4 Å². The van der Waals surface area contributed by atoms with E-state index in [-0.39, 0.29) is 34.2 Å². The van der Waals surface area contributed by atoms with Gasteiger partial charge in [-0.2, -0.15) is 0 Å². The molecule has 3 fully saturated rings. The van der Waals surface area contributed by atoms with Crippen LogP contribution in [0.2, 0.25) is 0 Å². The molecule has 4 heteroatoms. The summed E-state index contributed by atoms with van der Waals surface area (Å²) < 4.78 is 6.09. The van der Waals surface area contributed by atoms with Gasteiger partial charge in [0.15, 0.2) is 0 Å². The smallest absolute Gasteiger partial charge is 0.313 e. The van der Waals surface area contributed by atoms with Crippen LogP contribution in [0.5, 0.6) is 0 Å². The Morgan fingerprint density at radius 2 is 1.76 bits per heavy atom. The lowest BCUT2D eigenvalue weighted by Crippen LogP contribution is -2.50. The first kappa shape index (κ1) is 35.8. The Hall–Kier alpha value is -1.39. The second-order valence-corrected chi connectivity index (χ2v) is 14.7. The van der Waals surface area contributed by atoms with Crippen molar-refractivity contribution in [1.82, 2.24) is 0 Å². The summed E-state index contributed by atoms with van der Waals surface area (Å²) >= 11 is 0. The molecule has 3 aliphatic rings. The van der Waals surface area contributed by atoms with Crippen LogP contribution in [0.1, 0.15) is 127 Å². The number of esters is 1. The summed E-state index contributed by atoms with van der Waals surface area (Å²) in [5.41, 5.74) is 2.68. The number of aliphatic hydroxyl groups excluding tert-OH is 2. The van der Waals surface area contributed by atoms with Crippen molar-refractivity contribution in [3.05, 3.63) is 35.5 Å². The Kier molecular flexibility index (Phi) is 13.4. The highest BCUT2D eigenvalue weighted by molar-refractivity contribution is 5.78. The van der Waals surface area contributed by atoms with E-state index >= 15 is 0 Å². The van der Waals surface area contributed by atoms with E-state index in [0.29, 0.717) is 30.3 Å². The fraction of sp³-hybridized carbons (Fsp3) is 0.811. The topological polar surface area (TPSA) is 66.8 Å². The molecule has 0 heterocycles. The van der Waals surface area contributed by atoms with Crippen LogP contribution in [-0.4, -0.2) is 36.0 Å². The molecule has 0 aromatic rings. The van der Waals surface area contributed by atoms with Crippen LogP contribution in [0.25, 0.3) is 0 Å². The number of rotatable bonds is 9. The standard InChI is InChI=1S/C36H60O3.CH4O/c1-10-13-28(12-3)24-39-33(38)36-20-17-25(4)29(31(36)23-34(7,8)21-22-36)16-15-26(5)35(9)19-18-32(37)27(6)30(35)14-11-2;1-2/h10,12-13,16,25-27,30-32,37H,11,14-15,17-24H2,1-9H3;2H,1H3/b13-10-,28-12+,29-16+;/t25?,26?,27?,30?,31-,32-,35+,36+;/m0./s1. The maximum atomic E-state index is 13.9. The van der Waals surface area contributed by atoms with Gasteiger partial charge in [0.2, 0.25) is 0 Å². The number of allylic oxidation sites excluding steroid dienone is 4. The first-order valence-electron chi connectivity index (χ1n) is 16.6. The number of ether oxygens (including phenoxy) is 1. The van der Waals surface area contributed by atoms with Crippen LogP contribution in [0, 0.1) is 45.8 Å². The van der Waals surface area contributed by atoms with Crippen LogP contribution < -0.4 is 0 Å². The lowest BCUT2D eigenvalue weighted by Gasteiger charge is -2.53. The Bertz CT molecular complexity index is 929. The zero-order valence-corrected chi connectivity index (χ0v) is 28.3. The molecule has 0 bridgehead atoms. The van der Waals surface area contributed by atoms with E-state index in [1.54, 1.807) is 0 Å². The minimum atomic E-state index is -0.385. The molecule has 0 spiro atoms. The molecular weight excluding hydrogens is 508 g/mol. The van der Waals surface area contributed by atoms with Crippen molar-refractivity contribution >= 4 is 5.97 Å². The summed E-state index contributed by atoms with van der Waals surface area (Å²) in [6, 6.07) is 0.